The number of amides is 1. The summed E-state index contributed by atoms with van der Waals surface area (Å²) in [5, 5.41) is 0.579. The number of furan rings is 1. The maximum Gasteiger partial charge on any atom is 0.355 e. The van der Waals surface area contributed by atoms with Gasteiger partial charge in [-0.05, 0) is 38.4 Å². The number of aromatic nitrogens is 3. The number of hydrogen-bond acceptors (Lipinski definition) is 7. The van der Waals surface area contributed by atoms with Crippen molar-refractivity contribution in [1.29, 1.82) is 0 Å². The second-order valence-corrected chi connectivity index (χ2v) is 9.87. The van der Waals surface area contributed by atoms with Crippen LogP contribution in [0.25, 0.3) is 32.8 Å². The summed E-state index contributed by atoms with van der Waals surface area (Å²) in [6.07, 6.45) is 6.96. The summed E-state index contributed by atoms with van der Waals surface area (Å²) >= 11 is 0. The van der Waals surface area contributed by atoms with Crippen LogP contribution in [0.1, 0.15) is 27.5 Å². The molecule has 6 rings (SSSR count). The van der Waals surface area contributed by atoms with E-state index in [-0.39, 0.29) is 57.4 Å². The minimum atomic E-state index is -1.02. The SMILES string of the molecule is CN(C)CCOC(=O)c1c(C2C=CC=NC2=O)c2c3occc3c(F)cc2n1Cc1cc2c(=O)[nH]cnc2cc1F. The molecule has 0 spiro atoms. The lowest BCUT2D eigenvalue weighted by atomic mass is 9.92. The van der Waals surface area contributed by atoms with Crippen LogP contribution in [-0.4, -0.2) is 64.8 Å². The lowest BCUT2D eigenvalue weighted by Gasteiger charge is -2.16. The number of carbonyl (C=O) groups excluding carboxylic acids is 2. The van der Waals surface area contributed by atoms with E-state index in [4.69, 9.17) is 9.15 Å². The van der Waals surface area contributed by atoms with Crippen LogP contribution in [-0.2, 0) is 16.1 Å². The van der Waals surface area contributed by atoms with Gasteiger partial charge in [-0.3, -0.25) is 9.59 Å². The molecular formula is C29H23F2N5O5. The quantitative estimate of drug-likeness (QED) is 0.300. The predicted octanol–water partition coefficient (Wildman–Crippen LogP) is 3.92. The van der Waals surface area contributed by atoms with Crippen LogP contribution in [0, 0.1) is 11.6 Å². The lowest BCUT2D eigenvalue weighted by molar-refractivity contribution is -0.118. The van der Waals surface area contributed by atoms with Crippen molar-refractivity contribution in [2.45, 2.75) is 12.5 Å². The molecule has 3 aromatic heterocycles. The van der Waals surface area contributed by atoms with E-state index in [9.17, 15) is 14.4 Å². The molecule has 2 aromatic carbocycles. The zero-order valence-electron chi connectivity index (χ0n) is 22.0. The molecule has 1 aliphatic heterocycles. The summed E-state index contributed by atoms with van der Waals surface area (Å²) in [6, 6.07) is 5.11. The van der Waals surface area contributed by atoms with Gasteiger partial charge in [0.25, 0.3) is 11.5 Å². The number of aromatic amines is 1. The summed E-state index contributed by atoms with van der Waals surface area (Å²) in [7, 11) is 3.63. The molecule has 1 aliphatic rings. The fourth-order valence-corrected chi connectivity index (χ4v) is 5.10. The normalized spacial score (nSPS) is 15.1. The second kappa shape index (κ2) is 10.2. The monoisotopic (exact) mass is 559 g/mol. The molecule has 12 heteroatoms. The average Bonchev–Trinajstić information content (AvgIpc) is 3.54. The van der Waals surface area contributed by atoms with Crippen molar-refractivity contribution in [3.05, 3.63) is 87.8 Å². The molecule has 1 unspecified atom stereocenters. The van der Waals surface area contributed by atoms with Crippen LogP contribution >= 0.6 is 0 Å². The third-order valence-electron chi connectivity index (χ3n) is 7.02. The van der Waals surface area contributed by atoms with Gasteiger partial charge in [0.05, 0.1) is 46.9 Å². The zero-order valence-corrected chi connectivity index (χ0v) is 22.0. The summed E-state index contributed by atoms with van der Waals surface area (Å²) in [5.41, 5.74) is 0.120. The van der Waals surface area contributed by atoms with E-state index in [0.717, 1.165) is 6.07 Å². The molecule has 0 saturated carbocycles. The number of nitrogens with zero attached hydrogens (tertiary/aromatic N) is 4. The second-order valence-electron chi connectivity index (χ2n) is 9.87. The first-order valence-corrected chi connectivity index (χ1v) is 12.7. The Kier molecular flexibility index (Phi) is 6.54. The van der Waals surface area contributed by atoms with Gasteiger partial charge >= 0.3 is 5.97 Å². The van der Waals surface area contributed by atoms with Crippen LogP contribution in [0.2, 0.25) is 0 Å². The molecule has 1 amide bonds. The number of dihydropyridines is 1. The largest absolute Gasteiger partial charge is 0.464 e. The Morgan fingerprint density at radius 2 is 2.00 bits per heavy atom. The molecule has 5 aromatic rings. The summed E-state index contributed by atoms with van der Waals surface area (Å²) < 4.78 is 43.4. The predicted molar refractivity (Wildman–Crippen MR) is 147 cm³/mol. The van der Waals surface area contributed by atoms with Gasteiger partial charge < -0.3 is 23.6 Å². The first-order valence-electron chi connectivity index (χ1n) is 12.7. The van der Waals surface area contributed by atoms with E-state index in [1.54, 1.807) is 12.2 Å². The van der Waals surface area contributed by atoms with Crippen molar-refractivity contribution in [1.82, 2.24) is 19.4 Å². The number of ether oxygens (including phenoxy) is 1. The number of likely N-dealkylation sites (N-methyl/N-ethyl adjacent to an activating group) is 1. The standard InChI is InChI=1S/C29H23F2N5O5/c1-35(2)7-9-41-29(39)25-23(17-4-3-6-32-27(17)37)24-22(12-20(31)16-5-8-40-26(16)24)36(25)13-15-10-18-21(11-19(15)30)33-14-34-28(18)38/h3-6,8,10-12,14,17H,7,9,13H2,1-2H3,(H,33,34,38). The van der Waals surface area contributed by atoms with Gasteiger partial charge in [-0.25, -0.2) is 23.6 Å². The number of aliphatic imine (C=N–C) groups is 1. The number of hydrogen-bond donors (Lipinski definition) is 1. The Morgan fingerprint density at radius 3 is 2.78 bits per heavy atom. The molecule has 208 valence electrons. The first-order chi connectivity index (χ1) is 19.7. The molecule has 0 saturated heterocycles. The van der Waals surface area contributed by atoms with Crippen LogP contribution < -0.4 is 5.56 Å². The molecule has 0 fully saturated rings. The van der Waals surface area contributed by atoms with Crippen molar-refractivity contribution in [3.63, 3.8) is 0 Å². The maximum absolute atomic E-state index is 15.4. The van der Waals surface area contributed by atoms with Gasteiger partial charge in [-0.1, -0.05) is 6.08 Å². The fourth-order valence-electron chi connectivity index (χ4n) is 5.10. The Hall–Kier alpha value is -4.97. The first kappa shape index (κ1) is 26.3. The number of fused-ring (bicyclic) bond motifs is 4. The fraction of sp³-hybridized carbons (Fsp3) is 0.207. The number of H-pyrrole nitrogens is 1. The molecule has 41 heavy (non-hydrogen) atoms. The number of esters is 1. The average molecular weight is 560 g/mol. The van der Waals surface area contributed by atoms with E-state index in [1.165, 1.54) is 41.6 Å². The summed E-state index contributed by atoms with van der Waals surface area (Å²) in [6.45, 7) is 0.138. The van der Waals surface area contributed by atoms with Gasteiger partial charge in [-0.15, -0.1) is 0 Å². The Bertz CT molecular complexity index is 1980. The highest BCUT2D eigenvalue weighted by Crippen LogP contribution is 2.41. The summed E-state index contributed by atoms with van der Waals surface area (Å²) in [4.78, 5) is 51.4. The van der Waals surface area contributed by atoms with E-state index in [0.29, 0.717) is 11.9 Å². The Morgan fingerprint density at radius 1 is 1.17 bits per heavy atom. The van der Waals surface area contributed by atoms with Gasteiger partial charge in [0, 0.05) is 35.3 Å². The number of halogens is 2. The van der Waals surface area contributed by atoms with Crippen molar-refractivity contribution in [2.24, 2.45) is 4.99 Å². The molecule has 10 nitrogen and oxygen atoms in total. The number of allylic oxidation sites excluding steroid dienone is 1. The van der Waals surface area contributed by atoms with Crippen molar-refractivity contribution < 1.29 is 27.5 Å². The smallest absolute Gasteiger partial charge is 0.355 e. The molecule has 1 N–H and O–H groups in total. The zero-order chi connectivity index (χ0) is 28.8. The highest BCUT2D eigenvalue weighted by molar-refractivity contribution is 6.13. The minimum Gasteiger partial charge on any atom is -0.464 e. The number of carbonyl (C=O) groups is 2. The molecular weight excluding hydrogens is 536 g/mol. The van der Waals surface area contributed by atoms with Crippen LogP contribution in [0.4, 0.5) is 8.78 Å². The number of rotatable bonds is 7. The van der Waals surface area contributed by atoms with Gasteiger partial charge in [0.15, 0.2) is 0 Å². The number of benzene rings is 2. The third-order valence-corrected chi connectivity index (χ3v) is 7.02. The molecule has 0 radical (unpaired) electrons. The highest BCUT2D eigenvalue weighted by Gasteiger charge is 2.34. The molecule has 1 atom stereocenters. The van der Waals surface area contributed by atoms with Crippen LogP contribution in [0.3, 0.4) is 0 Å². The van der Waals surface area contributed by atoms with Gasteiger partial charge in [0.1, 0.15) is 29.5 Å². The third kappa shape index (κ3) is 4.51. The van der Waals surface area contributed by atoms with Crippen LogP contribution in [0.15, 0.2) is 63.2 Å². The summed E-state index contributed by atoms with van der Waals surface area (Å²) in [5.74, 6) is -3.69. The van der Waals surface area contributed by atoms with E-state index >= 15 is 8.78 Å². The van der Waals surface area contributed by atoms with Gasteiger partial charge in [0.2, 0.25) is 0 Å². The lowest BCUT2D eigenvalue weighted by Crippen LogP contribution is -2.23. The van der Waals surface area contributed by atoms with Crippen molar-refractivity contribution >= 4 is 50.9 Å². The maximum atomic E-state index is 15.4. The molecule has 0 bridgehead atoms. The van der Waals surface area contributed by atoms with Crippen molar-refractivity contribution in [3.8, 4) is 0 Å². The number of nitrogens with one attached hydrogen (secondary N) is 1. The molecule has 0 aliphatic carbocycles. The topological polar surface area (TPSA) is 123 Å². The van der Waals surface area contributed by atoms with Crippen molar-refractivity contribution in [2.75, 3.05) is 27.2 Å². The van der Waals surface area contributed by atoms with Gasteiger partial charge in [-0.2, -0.15) is 0 Å². The Labute approximate surface area is 230 Å². The minimum absolute atomic E-state index is 0.0231. The Balaban J connectivity index is 1.65. The van der Waals surface area contributed by atoms with E-state index in [1.807, 2.05) is 19.0 Å². The van der Waals surface area contributed by atoms with Crippen LogP contribution in [0.5, 0.6) is 0 Å². The highest BCUT2D eigenvalue weighted by atomic mass is 19.1. The van der Waals surface area contributed by atoms with E-state index in [2.05, 4.69) is 15.0 Å². The van der Waals surface area contributed by atoms with E-state index < -0.39 is 35.0 Å². The molecule has 4 heterocycles.